The van der Waals surface area contributed by atoms with Crippen LogP contribution in [-0.2, 0) is 37.6 Å². The van der Waals surface area contributed by atoms with Crippen molar-refractivity contribution in [3.05, 3.63) is 35.5 Å². The second-order valence-electron chi connectivity index (χ2n) is 3.41. The molecule has 1 heterocycles. The Hall–Kier alpha value is -1.13. The number of aliphatic hydroxyl groups is 1. The standard InChI is InChI=1S/C5H5F3O2.C5H8N2.CH3.Pd/c1-3(9)2-4(10)5(6,7)8;1-6-3-4-7(2)5-6;;/h2,9H,1H3;3-4H,1-2H3;1H3;/q;;-1;/b3-2-;;;. The summed E-state index contributed by atoms with van der Waals surface area (Å²) in [6.45, 7) is 0.990. The first-order valence-corrected chi connectivity index (χ1v) is 5.45. The Kier molecular flexibility index (Phi) is 8.64. The van der Waals surface area contributed by atoms with Gasteiger partial charge in [0.1, 0.15) is 0 Å². The van der Waals surface area contributed by atoms with Crippen LogP contribution in [0.2, 0.25) is 0 Å². The van der Waals surface area contributed by atoms with Crippen LogP contribution in [0.15, 0.2) is 24.2 Å². The number of aliphatic hydroxyl groups excluding tert-OH is 1. The number of alkyl halides is 3. The molecule has 0 amide bonds. The van der Waals surface area contributed by atoms with E-state index in [0.29, 0.717) is 0 Å². The molecule has 0 aliphatic heterocycles. The fraction of sp³-hybridized carbons (Fsp3) is 0.364. The SMILES string of the molecule is C/C(O)=C/C(=O)C(F)(F)F.Cn1ccn(C)[c]1=[Pd].[CH3-]. The summed E-state index contributed by atoms with van der Waals surface area (Å²) in [6, 6.07) is 0. The Labute approximate surface area is 120 Å². The van der Waals surface area contributed by atoms with E-state index in [0.717, 1.165) is 10.8 Å². The molecule has 0 aliphatic rings. The molecule has 0 aromatic carbocycles. The molecule has 19 heavy (non-hydrogen) atoms. The van der Waals surface area contributed by atoms with Crippen LogP contribution in [0.25, 0.3) is 0 Å². The van der Waals surface area contributed by atoms with Crippen molar-refractivity contribution in [2.45, 2.75) is 13.1 Å². The first kappa shape index (κ1) is 20.2. The number of aromatic nitrogens is 2. The van der Waals surface area contributed by atoms with Gasteiger partial charge in [0.2, 0.25) is 0 Å². The zero-order valence-corrected chi connectivity index (χ0v) is 12.5. The number of carbonyl (C=O) groups excluding carboxylic acids is 1. The number of carbonyl (C=O) groups is 1. The smallest absolute Gasteiger partial charge is 0.358 e. The molecule has 0 aliphatic carbocycles. The van der Waals surface area contributed by atoms with Crippen molar-refractivity contribution in [1.82, 2.24) is 9.13 Å². The van der Waals surface area contributed by atoms with E-state index < -0.39 is 17.7 Å². The summed E-state index contributed by atoms with van der Waals surface area (Å²) in [6.07, 6.45) is -0.761. The molecule has 1 aromatic rings. The van der Waals surface area contributed by atoms with E-state index in [-0.39, 0.29) is 13.5 Å². The zero-order valence-electron chi connectivity index (χ0n) is 10.9. The third-order valence-electron chi connectivity index (χ3n) is 1.67. The Balaban J connectivity index is 0. The molecule has 0 bridgehead atoms. The normalized spacial score (nSPS) is 11.3. The summed E-state index contributed by atoms with van der Waals surface area (Å²) < 4.78 is 39.1. The van der Waals surface area contributed by atoms with E-state index in [9.17, 15) is 18.0 Å². The van der Waals surface area contributed by atoms with Gasteiger partial charge in [0, 0.05) is 6.08 Å². The van der Waals surface area contributed by atoms with Gasteiger partial charge >= 0.3 is 64.4 Å². The van der Waals surface area contributed by atoms with Crippen molar-refractivity contribution in [1.29, 1.82) is 0 Å². The first-order chi connectivity index (χ1) is 8.05. The minimum atomic E-state index is -4.88. The maximum Gasteiger partial charge on any atom is -0.358 e. The Bertz CT molecular complexity index is 474. The summed E-state index contributed by atoms with van der Waals surface area (Å²) in [7, 11) is 4.00. The molecule has 114 valence electrons. The van der Waals surface area contributed by atoms with Gasteiger partial charge < -0.3 is 12.5 Å². The monoisotopic (exact) mass is 371 g/mol. The van der Waals surface area contributed by atoms with Crippen molar-refractivity contribution in [2.75, 3.05) is 0 Å². The first-order valence-electron chi connectivity index (χ1n) is 4.67. The number of rotatable bonds is 1. The average molecular weight is 372 g/mol. The summed E-state index contributed by atoms with van der Waals surface area (Å²) in [5.41, 5.74) is 0. The van der Waals surface area contributed by atoms with Crippen molar-refractivity contribution in [2.24, 2.45) is 14.1 Å². The van der Waals surface area contributed by atoms with E-state index in [1.807, 2.05) is 35.6 Å². The van der Waals surface area contributed by atoms with Crippen LogP contribution in [0.1, 0.15) is 6.92 Å². The summed E-state index contributed by atoms with van der Waals surface area (Å²) in [4.78, 5) is 9.91. The predicted octanol–water partition coefficient (Wildman–Crippen LogP) is 2.47. The minimum absolute atomic E-state index is 0. The fourth-order valence-corrected chi connectivity index (χ4v) is 1.07. The Morgan fingerprint density at radius 1 is 1.32 bits per heavy atom. The summed E-state index contributed by atoms with van der Waals surface area (Å²) >= 11 is 3.12. The predicted molar refractivity (Wildman–Crippen MR) is 61.5 cm³/mol. The van der Waals surface area contributed by atoms with E-state index in [1.165, 1.54) is 0 Å². The Morgan fingerprint density at radius 3 is 1.79 bits per heavy atom. The Morgan fingerprint density at radius 2 is 1.68 bits per heavy atom. The van der Waals surface area contributed by atoms with Gasteiger partial charge in [-0.2, -0.15) is 13.2 Å². The quantitative estimate of drug-likeness (QED) is 0.357. The topological polar surface area (TPSA) is 47.2 Å². The molecular formula is C11H16F3N2O2Pd-. The van der Waals surface area contributed by atoms with Gasteiger partial charge in [-0.05, 0) is 6.92 Å². The number of allylic oxidation sites excluding steroid dienone is 2. The van der Waals surface area contributed by atoms with Gasteiger partial charge in [-0.3, -0.25) is 4.79 Å². The molecule has 8 heteroatoms. The number of aryl methyl sites for hydroxylation is 2. The average Bonchev–Trinajstić information content (AvgIpc) is 2.48. The number of ketones is 1. The van der Waals surface area contributed by atoms with Crippen LogP contribution >= 0.6 is 0 Å². The molecule has 1 aromatic heterocycles. The van der Waals surface area contributed by atoms with Crippen LogP contribution in [0, 0.1) is 11.3 Å². The van der Waals surface area contributed by atoms with Gasteiger partial charge in [-0.15, -0.1) is 0 Å². The van der Waals surface area contributed by atoms with Gasteiger partial charge in [-0.1, -0.05) is 0 Å². The van der Waals surface area contributed by atoms with E-state index in [2.05, 4.69) is 18.7 Å². The van der Waals surface area contributed by atoms with Crippen LogP contribution < -0.4 is 0 Å². The van der Waals surface area contributed by atoms with Crippen molar-refractivity contribution < 1.29 is 41.8 Å². The minimum Gasteiger partial charge on any atom is -0.358 e. The number of hydrogen-bond donors (Lipinski definition) is 1. The fourth-order valence-electron chi connectivity index (χ4n) is 0.834. The van der Waals surface area contributed by atoms with Crippen molar-refractivity contribution >= 4 is 5.78 Å². The molecule has 0 atom stereocenters. The van der Waals surface area contributed by atoms with Gasteiger partial charge in [0.15, 0.2) is 0 Å². The van der Waals surface area contributed by atoms with E-state index in [4.69, 9.17) is 5.11 Å². The molecule has 0 radical (unpaired) electrons. The summed E-state index contributed by atoms with van der Waals surface area (Å²) in [5, 5.41) is 8.23. The molecular weight excluding hydrogens is 356 g/mol. The summed E-state index contributed by atoms with van der Waals surface area (Å²) in [5.74, 6) is -2.70. The molecule has 0 saturated carbocycles. The molecule has 0 saturated heterocycles. The second-order valence-corrected chi connectivity index (χ2v) is 4.10. The van der Waals surface area contributed by atoms with Crippen molar-refractivity contribution in [3.8, 4) is 0 Å². The van der Waals surface area contributed by atoms with E-state index in [1.54, 1.807) is 0 Å². The third kappa shape index (κ3) is 7.80. The van der Waals surface area contributed by atoms with Crippen molar-refractivity contribution in [3.63, 3.8) is 0 Å². The maximum atomic E-state index is 11.3. The third-order valence-corrected chi connectivity index (χ3v) is 2.77. The largest absolute Gasteiger partial charge is 0.358 e. The molecule has 0 unspecified atom stereocenters. The zero-order chi connectivity index (χ0) is 14.5. The van der Waals surface area contributed by atoms with Gasteiger partial charge in [-0.25, -0.2) is 0 Å². The van der Waals surface area contributed by atoms with Crippen LogP contribution in [0.3, 0.4) is 0 Å². The van der Waals surface area contributed by atoms with Crippen LogP contribution in [0.4, 0.5) is 13.2 Å². The molecule has 1 rings (SSSR count). The molecule has 4 nitrogen and oxygen atoms in total. The van der Waals surface area contributed by atoms with Crippen LogP contribution in [-0.4, -0.2) is 26.2 Å². The number of nitrogens with zero attached hydrogens (tertiary/aromatic N) is 2. The maximum absolute atomic E-state index is 11.3. The second kappa shape index (κ2) is 8.13. The van der Waals surface area contributed by atoms with Gasteiger partial charge in [0.25, 0.3) is 5.78 Å². The number of imidazole rings is 1. The van der Waals surface area contributed by atoms with Crippen LogP contribution in [0.5, 0.6) is 0 Å². The van der Waals surface area contributed by atoms with E-state index >= 15 is 0 Å². The molecule has 0 fully saturated rings. The molecule has 0 spiro atoms. The molecule has 1 N–H and O–H groups in total. The number of hydrogen-bond acceptors (Lipinski definition) is 2. The number of halogens is 3. The van der Waals surface area contributed by atoms with Gasteiger partial charge in [0.05, 0.1) is 5.76 Å².